The fourth-order valence-corrected chi connectivity index (χ4v) is 2.16. The van der Waals surface area contributed by atoms with Crippen molar-refractivity contribution in [3.05, 3.63) is 0 Å². The van der Waals surface area contributed by atoms with Crippen molar-refractivity contribution in [3.63, 3.8) is 0 Å². The number of likely N-dealkylation sites (tertiary alicyclic amines) is 1. The second-order valence-electron chi connectivity index (χ2n) is 4.60. The Kier molecular flexibility index (Phi) is 3.93. The van der Waals surface area contributed by atoms with Gasteiger partial charge in [0.25, 0.3) is 0 Å². The molecule has 14 heavy (non-hydrogen) atoms. The Labute approximate surface area is 86.7 Å². The van der Waals surface area contributed by atoms with E-state index in [-0.39, 0.29) is 17.7 Å². The third-order valence-electron chi connectivity index (χ3n) is 3.80. The van der Waals surface area contributed by atoms with E-state index in [0.717, 1.165) is 32.4 Å². The summed E-state index contributed by atoms with van der Waals surface area (Å²) in [7, 11) is 0. The van der Waals surface area contributed by atoms with Crippen LogP contribution in [0.1, 0.15) is 40.0 Å². The van der Waals surface area contributed by atoms with Crippen LogP contribution in [0.2, 0.25) is 0 Å². The molecular weight excluding hydrogens is 178 g/mol. The van der Waals surface area contributed by atoms with Crippen LogP contribution in [0.15, 0.2) is 0 Å². The van der Waals surface area contributed by atoms with E-state index in [1.807, 2.05) is 6.92 Å². The van der Waals surface area contributed by atoms with Crippen molar-refractivity contribution in [1.29, 1.82) is 0 Å². The zero-order valence-corrected chi connectivity index (χ0v) is 9.53. The molecule has 0 spiro atoms. The van der Waals surface area contributed by atoms with Crippen molar-refractivity contribution in [3.8, 4) is 0 Å². The molecular formula is C11H23NO2. The highest BCUT2D eigenvalue weighted by molar-refractivity contribution is 4.92. The topological polar surface area (TPSA) is 43.7 Å². The summed E-state index contributed by atoms with van der Waals surface area (Å²) in [6.07, 6.45) is 2.16. The van der Waals surface area contributed by atoms with Crippen LogP contribution in [0.5, 0.6) is 0 Å². The number of piperidine rings is 1. The highest BCUT2D eigenvalue weighted by atomic mass is 16.3. The summed E-state index contributed by atoms with van der Waals surface area (Å²) in [6, 6.07) is 0. The molecule has 2 atom stereocenters. The third-order valence-corrected chi connectivity index (χ3v) is 3.80. The molecule has 3 heteroatoms. The van der Waals surface area contributed by atoms with Gasteiger partial charge in [-0.2, -0.15) is 0 Å². The van der Waals surface area contributed by atoms with Crippen LogP contribution in [0.25, 0.3) is 0 Å². The van der Waals surface area contributed by atoms with Gasteiger partial charge in [0.2, 0.25) is 0 Å². The van der Waals surface area contributed by atoms with Gasteiger partial charge in [0.1, 0.15) is 0 Å². The Morgan fingerprint density at radius 3 is 2.29 bits per heavy atom. The number of hydrogen-bond acceptors (Lipinski definition) is 3. The van der Waals surface area contributed by atoms with Gasteiger partial charge < -0.3 is 10.2 Å². The second kappa shape index (κ2) is 4.60. The minimum Gasteiger partial charge on any atom is -0.393 e. The number of hydrogen-bond donors (Lipinski definition) is 2. The van der Waals surface area contributed by atoms with E-state index < -0.39 is 0 Å². The Balaban J connectivity index is 2.61. The lowest BCUT2D eigenvalue weighted by Gasteiger charge is -2.45. The molecule has 3 nitrogen and oxygen atoms in total. The smallest absolute Gasteiger partial charge is 0.0692 e. The van der Waals surface area contributed by atoms with Crippen molar-refractivity contribution in [1.82, 2.24) is 4.90 Å². The fourth-order valence-electron chi connectivity index (χ4n) is 2.16. The first-order valence-corrected chi connectivity index (χ1v) is 5.62. The molecule has 0 aliphatic carbocycles. The van der Waals surface area contributed by atoms with Crippen LogP contribution in [0.3, 0.4) is 0 Å². The summed E-state index contributed by atoms with van der Waals surface area (Å²) in [5, 5.41) is 19.2. The molecule has 0 aromatic rings. The van der Waals surface area contributed by atoms with Crippen LogP contribution in [0.4, 0.5) is 0 Å². The molecule has 0 aromatic heterocycles. The summed E-state index contributed by atoms with van der Waals surface area (Å²) >= 11 is 0. The predicted molar refractivity (Wildman–Crippen MR) is 57.2 cm³/mol. The van der Waals surface area contributed by atoms with E-state index in [1.165, 1.54) is 0 Å². The Morgan fingerprint density at radius 1 is 1.43 bits per heavy atom. The molecule has 1 fully saturated rings. The van der Waals surface area contributed by atoms with Crippen molar-refractivity contribution < 1.29 is 10.2 Å². The Bertz CT molecular complexity index is 176. The molecule has 0 aromatic carbocycles. The lowest BCUT2D eigenvalue weighted by molar-refractivity contribution is -0.0437. The standard InChI is InChI=1S/C11H23NO2/c1-4-11(3,9(2)13)12-7-5-10(14)6-8-12/h9-10,13-14H,4-8H2,1-3H3. The van der Waals surface area contributed by atoms with Gasteiger partial charge in [-0.25, -0.2) is 0 Å². The molecule has 0 radical (unpaired) electrons. The summed E-state index contributed by atoms with van der Waals surface area (Å²) in [4.78, 5) is 2.31. The van der Waals surface area contributed by atoms with E-state index in [0.29, 0.717) is 0 Å². The van der Waals surface area contributed by atoms with Gasteiger partial charge in [-0.3, -0.25) is 4.90 Å². The van der Waals surface area contributed by atoms with Gasteiger partial charge in [-0.05, 0) is 33.1 Å². The van der Waals surface area contributed by atoms with E-state index in [4.69, 9.17) is 0 Å². The highest BCUT2D eigenvalue weighted by Crippen LogP contribution is 2.27. The van der Waals surface area contributed by atoms with E-state index in [1.54, 1.807) is 0 Å². The molecule has 84 valence electrons. The second-order valence-corrected chi connectivity index (χ2v) is 4.60. The van der Waals surface area contributed by atoms with Gasteiger partial charge in [-0.1, -0.05) is 6.92 Å². The molecule has 1 saturated heterocycles. The monoisotopic (exact) mass is 201 g/mol. The minimum absolute atomic E-state index is 0.125. The van der Waals surface area contributed by atoms with E-state index in [2.05, 4.69) is 18.7 Å². The van der Waals surface area contributed by atoms with Gasteiger partial charge in [0.15, 0.2) is 0 Å². The number of rotatable bonds is 3. The maximum absolute atomic E-state index is 9.79. The number of nitrogens with zero attached hydrogens (tertiary/aromatic N) is 1. The average molecular weight is 201 g/mol. The van der Waals surface area contributed by atoms with Crippen LogP contribution < -0.4 is 0 Å². The Morgan fingerprint density at radius 2 is 1.93 bits per heavy atom. The predicted octanol–water partition coefficient (Wildman–Crippen LogP) is 0.993. The first-order valence-electron chi connectivity index (χ1n) is 5.62. The maximum atomic E-state index is 9.79. The summed E-state index contributed by atoms with van der Waals surface area (Å²) in [5.41, 5.74) is -0.125. The maximum Gasteiger partial charge on any atom is 0.0692 e. The van der Waals surface area contributed by atoms with E-state index >= 15 is 0 Å². The Hall–Kier alpha value is -0.120. The zero-order valence-electron chi connectivity index (χ0n) is 9.53. The van der Waals surface area contributed by atoms with Gasteiger partial charge in [0, 0.05) is 18.6 Å². The van der Waals surface area contributed by atoms with Crippen molar-refractivity contribution in [2.45, 2.75) is 57.8 Å². The molecule has 0 saturated carbocycles. The molecule has 0 bridgehead atoms. The molecule has 1 heterocycles. The molecule has 2 unspecified atom stereocenters. The molecule has 1 aliphatic rings. The van der Waals surface area contributed by atoms with Crippen LogP contribution in [-0.2, 0) is 0 Å². The fraction of sp³-hybridized carbons (Fsp3) is 1.00. The van der Waals surface area contributed by atoms with Crippen molar-refractivity contribution in [2.75, 3.05) is 13.1 Å². The first-order chi connectivity index (χ1) is 6.50. The van der Waals surface area contributed by atoms with Crippen LogP contribution in [0, 0.1) is 0 Å². The van der Waals surface area contributed by atoms with Gasteiger partial charge in [-0.15, -0.1) is 0 Å². The highest BCUT2D eigenvalue weighted by Gasteiger charge is 2.36. The van der Waals surface area contributed by atoms with E-state index in [9.17, 15) is 10.2 Å². The first kappa shape index (κ1) is 12.0. The summed E-state index contributed by atoms with van der Waals surface area (Å²) < 4.78 is 0. The largest absolute Gasteiger partial charge is 0.393 e. The molecule has 1 aliphatic heterocycles. The molecule has 2 N–H and O–H groups in total. The molecule has 0 amide bonds. The summed E-state index contributed by atoms with van der Waals surface area (Å²) in [6.45, 7) is 7.87. The molecule has 1 rings (SSSR count). The zero-order chi connectivity index (χ0) is 10.8. The van der Waals surface area contributed by atoms with Gasteiger partial charge in [0.05, 0.1) is 12.2 Å². The van der Waals surface area contributed by atoms with Crippen LogP contribution in [-0.4, -0.2) is 45.9 Å². The van der Waals surface area contributed by atoms with Gasteiger partial charge >= 0.3 is 0 Å². The SMILES string of the molecule is CCC(C)(C(C)O)N1CCC(O)CC1. The van der Waals surface area contributed by atoms with Crippen LogP contribution >= 0.6 is 0 Å². The third kappa shape index (κ3) is 2.27. The minimum atomic E-state index is -0.317. The number of aliphatic hydroxyl groups excluding tert-OH is 2. The van der Waals surface area contributed by atoms with Crippen molar-refractivity contribution in [2.24, 2.45) is 0 Å². The normalized spacial score (nSPS) is 27.2. The summed E-state index contributed by atoms with van der Waals surface area (Å²) in [5.74, 6) is 0. The quantitative estimate of drug-likeness (QED) is 0.716. The average Bonchev–Trinajstić information content (AvgIpc) is 2.17. The lowest BCUT2D eigenvalue weighted by Crippen LogP contribution is -2.56. The lowest BCUT2D eigenvalue weighted by atomic mass is 9.88. The van der Waals surface area contributed by atoms with Crippen molar-refractivity contribution >= 4 is 0 Å². The number of aliphatic hydroxyl groups is 2.